The lowest BCUT2D eigenvalue weighted by molar-refractivity contribution is -0.132. The molecule has 3 aromatic rings. The Balaban J connectivity index is 1.44. The van der Waals surface area contributed by atoms with Gasteiger partial charge in [0.15, 0.2) is 0 Å². The number of allylic oxidation sites excluding steroid dienone is 1. The van der Waals surface area contributed by atoms with Crippen molar-refractivity contribution in [2.45, 2.75) is 31.4 Å². The van der Waals surface area contributed by atoms with E-state index in [0.717, 1.165) is 22.6 Å². The zero-order valence-corrected chi connectivity index (χ0v) is 20.7. The molecule has 1 saturated heterocycles. The van der Waals surface area contributed by atoms with E-state index in [-0.39, 0.29) is 5.91 Å². The van der Waals surface area contributed by atoms with Crippen LogP contribution in [0.1, 0.15) is 36.9 Å². The average molecular weight is 518 g/mol. The van der Waals surface area contributed by atoms with E-state index >= 15 is 0 Å². The Bertz CT molecular complexity index is 1280. The SMILES string of the molecule is CC1=C(C(=O)N2CCC(O)(c3ccc(Cl)cc3)CC2)C(c2ccc(Cl)c(Cl)c2)n2nccc2N1. The summed E-state index contributed by atoms with van der Waals surface area (Å²) < 4.78 is 1.79. The lowest BCUT2D eigenvalue weighted by Crippen LogP contribution is -2.47. The average Bonchev–Trinajstić information content (AvgIpc) is 3.28. The van der Waals surface area contributed by atoms with Crippen molar-refractivity contribution in [3.05, 3.63) is 92.2 Å². The number of benzene rings is 2. The van der Waals surface area contributed by atoms with E-state index in [1.165, 1.54) is 0 Å². The molecule has 2 aromatic carbocycles. The minimum absolute atomic E-state index is 0.0969. The number of rotatable bonds is 3. The van der Waals surface area contributed by atoms with E-state index in [4.69, 9.17) is 34.8 Å². The van der Waals surface area contributed by atoms with Gasteiger partial charge in [-0.2, -0.15) is 5.10 Å². The van der Waals surface area contributed by atoms with Gasteiger partial charge in [0.2, 0.25) is 0 Å². The first-order valence-electron chi connectivity index (χ1n) is 11.0. The van der Waals surface area contributed by atoms with Crippen LogP contribution in [0.15, 0.2) is 66.0 Å². The Kier molecular flexibility index (Phi) is 6.10. The van der Waals surface area contributed by atoms with Gasteiger partial charge in [0, 0.05) is 29.9 Å². The van der Waals surface area contributed by atoms with Crippen LogP contribution in [0, 0.1) is 0 Å². The number of nitrogens with one attached hydrogen (secondary N) is 1. The highest BCUT2D eigenvalue weighted by atomic mass is 35.5. The third kappa shape index (κ3) is 4.09. The van der Waals surface area contributed by atoms with Gasteiger partial charge >= 0.3 is 0 Å². The number of fused-ring (bicyclic) bond motifs is 1. The number of carbonyl (C=O) groups is 1. The topological polar surface area (TPSA) is 70.4 Å². The van der Waals surface area contributed by atoms with Gasteiger partial charge in [0.1, 0.15) is 11.9 Å². The van der Waals surface area contributed by atoms with Crippen molar-refractivity contribution in [1.82, 2.24) is 14.7 Å². The van der Waals surface area contributed by atoms with Crippen LogP contribution < -0.4 is 5.32 Å². The van der Waals surface area contributed by atoms with Crippen LogP contribution in [0.4, 0.5) is 5.82 Å². The van der Waals surface area contributed by atoms with Gasteiger partial charge in [-0.15, -0.1) is 0 Å². The van der Waals surface area contributed by atoms with Crippen molar-refractivity contribution < 1.29 is 9.90 Å². The summed E-state index contributed by atoms with van der Waals surface area (Å²) in [7, 11) is 0. The molecule has 2 aliphatic heterocycles. The van der Waals surface area contributed by atoms with Crippen molar-refractivity contribution in [3.63, 3.8) is 0 Å². The number of carbonyl (C=O) groups excluding carboxylic acids is 1. The molecule has 34 heavy (non-hydrogen) atoms. The van der Waals surface area contributed by atoms with Crippen LogP contribution in [0.3, 0.4) is 0 Å². The van der Waals surface area contributed by atoms with E-state index < -0.39 is 11.6 Å². The molecule has 1 unspecified atom stereocenters. The molecule has 1 amide bonds. The van der Waals surface area contributed by atoms with Crippen molar-refractivity contribution in [2.75, 3.05) is 18.4 Å². The standard InChI is InChI=1S/C25H23Cl3N4O2/c1-15-22(23(32-21(30-15)8-11-29-32)16-2-7-19(27)20(28)14-16)24(33)31-12-9-25(34,10-13-31)17-3-5-18(26)6-4-17/h2-8,11,14,23,30,34H,9-10,12-13H2,1H3. The Morgan fingerprint density at radius 2 is 1.76 bits per heavy atom. The number of hydrogen-bond acceptors (Lipinski definition) is 4. The van der Waals surface area contributed by atoms with Gasteiger partial charge < -0.3 is 15.3 Å². The van der Waals surface area contributed by atoms with Gasteiger partial charge in [-0.05, 0) is 55.2 Å². The van der Waals surface area contributed by atoms with E-state index in [2.05, 4.69) is 10.4 Å². The molecule has 2 N–H and O–H groups in total. The molecule has 0 radical (unpaired) electrons. The highest BCUT2D eigenvalue weighted by molar-refractivity contribution is 6.42. The zero-order valence-electron chi connectivity index (χ0n) is 18.4. The molecular weight excluding hydrogens is 495 g/mol. The predicted molar refractivity (Wildman–Crippen MR) is 134 cm³/mol. The fraction of sp³-hybridized carbons (Fsp3) is 0.280. The van der Waals surface area contributed by atoms with Crippen molar-refractivity contribution >= 4 is 46.5 Å². The number of amides is 1. The summed E-state index contributed by atoms with van der Waals surface area (Å²) in [4.78, 5) is 15.6. The molecular formula is C25H23Cl3N4O2. The minimum atomic E-state index is -0.992. The molecule has 0 spiro atoms. The Labute approximate surface area is 212 Å². The minimum Gasteiger partial charge on any atom is -0.385 e. The first kappa shape index (κ1) is 23.2. The summed E-state index contributed by atoms with van der Waals surface area (Å²) in [5.74, 6) is 0.696. The lowest BCUT2D eigenvalue weighted by Gasteiger charge is -2.40. The maximum absolute atomic E-state index is 13.9. The van der Waals surface area contributed by atoms with Crippen molar-refractivity contribution in [1.29, 1.82) is 0 Å². The monoisotopic (exact) mass is 516 g/mol. The smallest absolute Gasteiger partial charge is 0.254 e. The van der Waals surface area contributed by atoms with Gasteiger partial charge in [-0.3, -0.25) is 4.79 Å². The fourth-order valence-corrected chi connectivity index (χ4v) is 5.20. The third-order valence-electron chi connectivity index (χ3n) is 6.66. The Hall–Kier alpha value is -2.51. The highest BCUT2D eigenvalue weighted by Gasteiger charge is 2.39. The summed E-state index contributed by atoms with van der Waals surface area (Å²) in [5.41, 5.74) is 1.99. The van der Waals surface area contributed by atoms with Crippen LogP contribution in [-0.2, 0) is 10.4 Å². The summed E-state index contributed by atoms with van der Waals surface area (Å²) in [6, 6.07) is 14.0. The Morgan fingerprint density at radius 1 is 1.06 bits per heavy atom. The van der Waals surface area contributed by atoms with Crippen LogP contribution in [0.2, 0.25) is 15.1 Å². The summed E-state index contributed by atoms with van der Waals surface area (Å²) >= 11 is 18.5. The molecule has 1 atom stereocenters. The van der Waals surface area contributed by atoms with Crippen LogP contribution in [-0.4, -0.2) is 38.8 Å². The maximum atomic E-state index is 13.9. The van der Waals surface area contributed by atoms with Gasteiger partial charge in [-0.1, -0.05) is 53.0 Å². The number of aliphatic hydroxyl groups is 1. The normalized spacial score (nSPS) is 19.6. The molecule has 3 heterocycles. The molecule has 0 bridgehead atoms. The van der Waals surface area contributed by atoms with Gasteiger partial charge in [0.05, 0.1) is 27.4 Å². The number of halogens is 3. The second kappa shape index (κ2) is 8.93. The first-order valence-corrected chi connectivity index (χ1v) is 12.1. The van der Waals surface area contributed by atoms with E-state index in [1.54, 1.807) is 40.0 Å². The lowest BCUT2D eigenvalue weighted by atomic mass is 9.84. The maximum Gasteiger partial charge on any atom is 0.254 e. The molecule has 1 fully saturated rings. The fourth-order valence-electron chi connectivity index (χ4n) is 4.77. The van der Waals surface area contributed by atoms with E-state index in [1.807, 2.05) is 31.2 Å². The molecule has 176 valence electrons. The van der Waals surface area contributed by atoms with Crippen LogP contribution in [0.25, 0.3) is 0 Å². The molecule has 0 saturated carbocycles. The zero-order chi connectivity index (χ0) is 24.0. The first-order chi connectivity index (χ1) is 16.3. The van der Waals surface area contributed by atoms with E-state index in [9.17, 15) is 9.90 Å². The molecule has 2 aliphatic rings. The summed E-state index contributed by atoms with van der Waals surface area (Å²) in [6.45, 7) is 2.74. The molecule has 6 nitrogen and oxygen atoms in total. The number of anilines is 1. The van der Waals surface area contributed by atoms with E-state index in [0.29, 0.717) is 46.6 Å². The number of aromatic nitrogens is 2. The quantitative estimate of drug-likeness (QED) is 0.471. The van der Waals surface area contributed by atoms with Crippen molar-refractivity contribution in [2.24, 2.45) is 0 Å². The van der Waals surface area contributed by atoms with Gasteiger partial charge in [-0.25, -0.2) is 4.68 Å². The molecule has 5 rings (SSSR count). The third-order valence-corrected chi connectivity index (χ3v) is 7.65. The highest BCUT2D eigenvalue weighted by Crippen LogP contribution is 2.40. The van der Waals surface area contributed by atoms with Gasteiger partial charge in [0.25, 0.3) is 5.91 Å². The largest absolute Gasteiger partial charge is 0.385 e. The summed E-state index contributed by atoms with van der Waals surface area (Å²) in [6.07, 6.45) is 2.57. The Morgan fingerprint density at radius 3 is 2.44 bits per heavy atom. The van der Waals surface area contributed by atoms with Crippen molar-refractivity contribution in [3.8, 4) is 0 Å². The second-order valence-electron chi connectivity index (χ2n) is 8.73. The number of piperidine rings is 1. The molecule has 1 aromatic heterocycles. The molecule has 9 heteroatoms. The number of likely N-dealkylation sites (tertiary alicyclic amines) is 1. The van der Waals surface area contributed by atoms with Crippen LogP contribution in [0.5, 0.6) is 0 Å². The number of nitrogens with zero attached hydrogens (tertiary/aromatic N) is 3. The predicted octanol–water partition coefficient (Wildman–Crippen LogP) is 5.64. The molecule has 0 aliphatic carbocycles. The number of hydrogen-bond donors (Lipinski definition) is 2. The second-order valence-corrected chi connectivity index (χ2v) is 9.98. The van der Waals surface area contributed by atoms with Crippen LogP contribution >= 0.6 is 34.8 Å². The summed E-state index contributed by atoms with van der Waals surface area (Å²) in [5, 5.41) is 20.5.